The van der Waals surface area contributed by atoms with E-state index in [0.717, 1.165) is 30.1 Å². The standard InChI is InChI=1S/C54H64S2/c1-35(2)9-7-11-37(5)13-15-39-17-21-41(22-18-39)45-27-25-43-29-31-47-51(49(43)33-45)55-54-48-32-30-44-26-28-46(34-50(44)52(48)56-53(47)54)42-23-19-40(20-24-42)16-14-38(6)12-8-10-36(3)4/h17-25,27,29-33,35-38,46H,7-16,26,28,34H2,1-6H3/t37?,38?,46-/m0/s1. The molecule has 292 valence electrons. The summed E-state index contributed by atoms with van der Waals surface area (Å²) in [6, 6.07) is 36.0. The molecule has 0 radical (unpaired) electrons. The molecule has 2 unspecified atom stereocenters. The van der Waals surface area contributed by atoms with Crippen molar-refractivity contribution in [2.45, 2.75) is 131 Å². The number of thiophene rings is 2. The summed E-state index contributed by atoms with van der Waals surface area (Å²) < 4.78 is 5.94. The summed E-state index contributed by atoms with van der Waals surface area (Å²) in [6.07, 6.45) is 16.7. The normalized spacial score (nSPS) is 15.8. The molecule has 0 spiro atoms. The van der Waals surface area contributed by atoms with Gasteiger partial charge in [-0.05, 0) is 125 Å². The molecule has 2 heterocycles. The van der Waals surface area contributed by atoms with Gasteiger partial charge in [-0.25, -0.2) is 0 Å². The van der Waals surface area contributed by atoms with E-state index in [-0.39, 0.29) is 0 Å². The summed E-state index contributed by atoms with van der Waals surface area (Å²) in [4.78, 5) is 0. The van der Waals surface area contributed by atoms with Gasteiger partial charge < -0.3 is 0 Å². The maximum Gasteiger partial charge on any atom is 0.0542 e. The predicted octanol–water partition coefficient (Wildman–Crippen LogP) is 17.2. The Morgan fingerprint density at radius 3 is 1.71 bits per heavy atom. The molecule has 0 nitrogen and oxygen atoms in total. The topological polar surface area (TPSA) is 0 Å². The molecule has 8 rings (SSSR count). The Morgan fingerprint density at radius 1 is 0.518 bits per heavy atom. The Labute approximate surface area is 345 Å². The molecule has 2 heteroatoms. The number of rotatable bonds is 16. The second-order valence-electron chi connectivity index (χ2n) is 18.6. The zero-order chi connectivity index (χ0) is 38.8. The Bertz CT molecular complexity index is 2380. The Balaban J connectivity index is 0.984. The van der Waals surface area contributed by atoms with Crippen LogP contribution in [0, 0.1) is 23.7 Å². The fraction of sp³-hybridized carbons (Fsp3) is 0.444. The largest absolute Gasteiger partial charge is 0.133 e. The monoisotopic (exact) mass is 776 g/mol. The first-order chi connectivity index (χ1) is 27.2. The van der Waals surface area contributed by atoms with Gasteiger partial charge in [0.15, 0.2) is 0 Å². The van der Waals surface area contributed by atoms with Crippen LogP contribution in [0.1, 0.15) is 133 Å². The molecule has 0 bridgehead atoms. The fourth-order valence-electron chi connectivity index (χ4n) is 9.48. The first kappa shape index (κ1) is 39.4. The van der Waals surface area contributed by atoms with Gasteiger partial charge in [-0.15, -0.1) is 22.7 Å². The van der Waals surface area contributed by atoms with Gasteiger partial charge in [0, 0.05) is 25.6 Å². The fourth-order valence-corrected chi connectivity index (χ4v) is 12.4. The van der Waals surface area contributed by atoms with Crippen LogP contribution in [0.5, 0.6) is 0 Å². The van der Waals surface area contributed by atoms with Crippen LogP contribution in [-0.4, -0.2) is 0 Å². The molecule has 0 N–H and O–H groups in total. The lowest BCUT2D eigenvalue weighted by molar-refractivity contribution is 0.437. The first-order valence-electron chi connectivity index (χ1n) is 22.2. The highest BCUT2D eigenvalue weighted by Crippen LogP contribution is 2.49. The van der Waals surface area contributed by atoms with E-state index >= 15 is 0 Å². The SMILES string of the molecule is CC(C)CCCC(C)CCc1ccc(-c2ccc3ccc4c(sc5c6ccc7c(c6sc45)C[C@@H](c4ccc(CCC(C)CCCC(C)C)cc4)CC7)c3c2)cc1. The second kappa shape index (κ2) is 17.6. The summed E-state index contributed by atoms with van der Waals surface area (Å²) in [5.41, 5.74) is 10.3. The van der Waals surface area contributed by atoms with Crippen molar-refractivity contribution in [1.82, 2.24) is 0 Å². The summed E-state index contributed by atoms with van der Waals surface area (Å²) in [6.45, 7) is 14.2. The van der Waals surface area contributed by atoms with E-state index < -0.39 is 0 Å². The molecule has 56 heavy (non-hydrogen) atoms. The van der Waals surface area contributed by atoms with Gasteiger partial charge >= 0.3 is 0 Å². The smallest absolute Gasteiger partial charge is 0.0542 e. The van der Waals surface area contributed by atoms with Crippen LogP contribution in [0.4, 0.5) is 0 Å². The van der Waals surface area contributed by atoms with Crippen LogP contribution in [0.3, 0.4) is 0 Å². The molecule has 5 aromatic carbocycles. The van der Waals surface area contributed by atoms with Gasteiger partial charge in [0.2, 0.25) is 0 Å². The third-order valence-corrected chi connectivity index (χ3v) is 15.9. The maximum absolute atomic E-state index is 2.46. The highest BCUT2D eigenvalue weighted by Gasteiger charge is 2.25. The third kappa shape index (κ3) is 8.83. The second-order valence-corrected chi connectivity index (χ2v) is 20.7. The Morgan fingerprint density at radius 2 is 1.07 bits per heavy atom. The van der Waals surface area contributed by atoms with Crippen molar-refractivity contribution < 1.29 is 0 Å². The molecule has 3 atom stereocenters. The van der Waals surface area contributed by atoms with E-state index in [9.17, 15) is 0 Å². The van der Waals surface area contributed by atoms with Crippen LogP contribution in [0.25, 0.3) is 51.5 Å². The van der Waals surface area contributed by atoms with E-state index in [0.29, 0.717) is 5.92 Å². The lowest BCUT2D eigenvalue weighted by atomic mass is 9.79. The van der Waals surface area contributed by atoms with Crippen molar-refractivity contribution in [1.29, 1.82) is 0 Å². The minimum atomic E-state index is 0.605. The molecular weight excluding hydrogens is 713 g/mol. The summed E-state index contributed by atoms with van der Waals surface area (Å²) in [5, 5.41) is 5.63. The number of hydrogen-bond donors (Lipinski definition) is 0. The molecule has 0 aliphatic heterocycles. The predicted molar refractivity (Wildman–Crippen MR) is 251 cm³/mol. The molecule has 0 amide bonds. The lowest BCUT2D eigenvalue weighted by Crippen LogP contribution is -2.13. The molecule has 7 aromatic rings. The zero-order valence-corrected chi connectivity index (χ0v) is 36.7. The quantitative estimate of drug-likeness (QED) is 0.0917. The van der Waals surface area contributed by atoms with Gasteiger partial charge in [-0.1, -0.05) is 165 Å². The summed E-state index contributed by atoms with van der Waals surface area (Å²) in [5.74, 6) is 3.86. The average Bonchev–Trinajstić information content (AvgIpc) is 3.76. The summed E-state index contributed by atoms with van der Waals surface area (Å²) in [7, 11) is 0. The number of hydrogen-bond acceptors (Lipinski definition) is 2. The lowest BCUT2D eigenvalue weighted by Gasteiger charge is -2.26. The van der Waals surface area contributed by atoms with Crippen LogP contribution in [-0.2, 0) is 25.7 Å². The van der Waals surface area contributed by atoms with Gasteiger partial charge in [0.05, 0.1) is 9.40 Å². The molecule has 0 saturated carbocycles. The molecule has 0 saturated heterocycles. The van der Waals surface area contributed by atoms with E-state index in [1.165, 1.54) is 145 Å². The molecular formula is C54H64S2. The van der Waals surface area contributed by atoms with Gasteiger partial charge in [0.25, 0.3) is 0 Å². The van der Waals surface area contributed by atoms with Crippen molar-refractivity contribution in [3.05, 3.63) is 119 Å². The minimum Gasteiger partial charge on any atom is -0.133 e. The van der Waals surface area contributed by atoms with E-state index in [4.69, 9.17) is 0 Å². The molecule has 2 aromatic heterocycles. The van der Waals surface area contributed by atoms with E-state index in [2.05, 4.69) is 144 Å². The van der Waals surface area contributed by atoms with Crippen LogP contribution in [0.15, 0.2) is 91.0 Å². The van der Waals surface area contributed by atoms with Crippen molar-refractivity contribution >= 4 is 63.0 Å². The van der Waals surface area contributed by atoms with Gasteiger partial charge in [-0.3, -0.25) is 0 Å². The Hall–Kier alpha value is -3.46. The van der Waals surface area contributed by atoms with E-state index in [1.54, 1.807) is 11.1 Å². The molecule has 1 aliphatic rings. The van der Waals surface area contributed by atoms with Crippen LogP contribution < -0.4 is 0 Å². The zero-order valence-electron chi connectivity index (χ0n) is 35.1. The van der Waals surface area contributed by atoms with Crippen molar-refractivity contribution in [2.24, 2.45) is 23.7 Å². The number of benzene rings is 5. The molecule has 0 fully saturated rings. The van der Waals surface area contributed by atoms with Crippen LogP contribution in [0.2, 0.25) is 0 Å². The van der Waals surface area contributed by atoms with Gasteiger partial charge in [-0.2, -0.15) is 0 Å². The van der Waals surface area contributed by atoms with Crippen molar-refractivity contribution in [3.8, 4) is 11.1 Å². The van der Waals surface area contributed by atoms with Crippen LogP contribution >= 0.6 is 22.7 Å². The molecule has 1 aliphatic carbocycles. The Kier molecular flexibility index (Phi) is 12.4. The number of fused-ring (bicyclic) bond motifs is 9. The van der Waals surface area contributed by atoms with Crippen molar-refractivity contribution in [3.63, 3.8) is 0 Å². The third-order valence-electron chi connectivity index (χ3n) is 13.2. The highest BCUT2D eigenvalue weighted by atomic mass is 32.1. The van der Waals surface area contributed by atoms with E-state index in [1.807, 2.05) is 11.3 Å². The summed E-state index contributed by atoms with van der Waals surface area (Å²) >= 11 is 4.08. The highest BCUT2D eigenvalue weighted by molar-refractivity contribution is 7.37. The van der Waals surface area contributed by atoms with Crippen molar-refractivity contribution in [2.75, 3.05) is 0 Å². The number of aryl methyl sites for hydroxylation is 3. The minimum absolute atomic E-state index is 0.605. The first-order valence-corrected chi connectivity index (χ1v) is 23.8. The maximum atomic E-state index is 2.46. The van der Waals surface area contributed by atoms with Gasteiger partial charge in [0.1, 0.15) is 0 Å². The average molecular weight is 777 g/mol.